The van der Waals surface area contributed by atoms with Gasteiger partial charge in [-0.25, -0.2) is 4.79 Å². The van der Waals surface area contributed by atoms with Crippen molar-refractivity contribution in [1.29, 1.82) is 0 Å². The van der Waals surface area contributed by atoms with Crippen LogP contribution in [0, 0.1) is 5.92 Å². The zero-order valence-electron chi connectivity index (χ0n) is 11.9. The number of amides is 2. The van der Waals surface area contributed by atoms with E-state index in [0.29, 0.717) is 28.4 Å². The highest BCUT2D eigenvalue weighted by Crippen LogP contribution is 2.20. The third kappa shape index (κ3) is 4.75. The summed E-state index contributed by atoms with van der Waals surface area (Å²) in [5.74, 6) is 1.39. The van der Waals surface area contributed by atoms with Gasteiger partial charge in [-0.2, -0.15) is 0 Å². The van der Waals surface area contributed by atoms with E-state index in [0.717, 1.165) is 6.42 Å². The van der Waals surface area contributed by atoms with Crippen LogP contribution in [0.15, 0.2) is 28.7 Å². The first-order valence-electron chi connectivity index (χ1n) is 6.65. The van der Waals surface area contributed by atoms with Crippen LogP contribution in [0.25, 0.3) is 0 Å². The number of hydrogen-bond donors (Lipinski definition) is 2. The smallest absolute Gasteiger partial charge is 0.319 e. The molecule has 2 N–H and O–H groups in total. The summed E-state index contributed by atoms with van der Waals surface area (Å²) in [5.41, 5.74) is 0.544. The molecule has 2 amide bonds. The lowest BCUT2D eigenvalue weighted by molar-refractivity contribution is 0.250. The van der Waals surface area contributed by atoms with Crippen molar-refractivity contribution in [2.24, 2.45) is 5.92 Å². The minimum Gasteiger partial charge on any atom is -0.423 e. The van der Waals surface area contributed by atoms with Gasteiger partial charge in [-0.05, 0) is 18.1 Å². The molecular weight excluding hydrogens is 292 g/mol. The van der Waals surface area contributed by atoms with E-state index in [-0.39, 0.29) is 12.6 Å². The van der Waals surface area contributed by atoms with Gasteiger partial charge in [0.1, 0.15) is 0 Å². The predicted octanol–water partition coefficient (Wildman–Crippen LogP) is 3.24. The number of nitrogens with zero attached hydrogens (tertiary/aromatic N) is 2. The first kappa shape index (κ1) is 15.3. The normalized spacial score (nSPS) is 10.7. The third-order valence-electron chi connectivity index (χ3n) is 2.61. The SMILES string of the molecule is CC(C)Cc1nnc(CNC(=O)Nc2ccccc2Cl)o1. The zero-order valence-corrected chi connectivity index (χ0v) is 12.6. The van der Waals surface area contributed by atoms with Crippen molar-refractivity contribution >= 4 is 23.3 Å². The lowest BCUT2D eigenvalue weighted by atomic mass is 10.1. The standard InChI is InChI=1S/C14H17ClN4O2/c1-9(2)7-12-18-19-13(21-12)8-16-14(20)17-11-6-4-3-5-10(11)15/h3-6,9H,7-8H2,1-2H3,(H2,16,17,20). The van der Waals surface area contributed by atoms with Gasteiger partial charge in [0, 0.05) is 6.42 Å². The van der Waals surface area contributed by atoms with Gasteiger partial charge in [0.25, 0.3) is 0 Å². The molecule has 0 radical (unpaired) electrons. The highest BCUT2D eigenvalue weighted by Gasteiger charge is 2.10. The van der Waals surface area contributed by atoms with Crippen LogP contribution in [0.5, 0.6) is 0 Å². The summed E-state index contributed by atoms with van der Waals surface area (Å²) in [6, 6.07) is 6.62. The number of carbonyl (C=O) groups is 1. The molecule has 112 valence electrons. The van der Waals surface area contributed by atoms with Gasteiger partial charge in [0.2, 0.25) is 11.8 Å². The maximum Gasteiger partial charge on any atom is 0.319 e. The van der Waals surface area contributed by atoms with Crippen molar-refractivity contribution in [2.75, 3.05) is 5.32 Å². The molecule has 6 nitrogen and oxygen atoms in total. The number of urea groups is 1. The fourth-order valence-electron chi connectivity index (χ4n) is 1.68. The number of aromatic nitrogens is 2. The van der Waals surface area contributed by atoms with Crippen LogP contribution in [0.1, 0.15) is 25.6 Å². The molecule has 2 rings (SSSR count). The second-order valence-electron chi connectivity index (χ2n) is 4.98. The monoisotopic (exact) mass is 308 g/mol. The summed E-state index contributed by atoms with van der Waals surface area (Å²) in [4.78, 5) is 11.8. The summed E-state index contributed by atoms with van der Waals surface area (Å²) in [6.45, 7) is 4.31. The van der Waals surface area contributed by atoms with Gasteiger partial charge < -0.3 is 15.1 Å². The summed E-state index contributed by atoms with van der Waals surface area (Å²) >= 11 is 5.95. The minimum absolute atomic E-state index is 0.168. The fraction of sp³-hybridized carbons (Fsp3) is 0.357. The maximum absolute atomic E-state index is 11.8. The molecule has 0 bridgehead atoms. The number of anilines is 1. The van der Waals surface area contributed by atoms with E-state index >= 15 is 0 Å². The number of carbonyl (C=O) groups excluding carboxylic acids is 1. The Bertz CT molecular complexity index is 613. The lowest BCUT2D eigenvalue weighted by Crippen LogP contribution is -2.28. The lowest BCUT2D eigenvalue weighted by Gasteiger charge is -2.07. The van der Waals surface area contributed by atoms with E-state index in [1.165, 1.54) is 0 Å². The fourth-order valence-corrected chi connectivity index (χ4v) is 1.86. The zero-order chi connectivity index (χ0) is 15.2. The number of halogens is 1. The van der Waals surface area contributed by atoms with Gasteiger partial charge in [-0.3, -0.25) is 0 Å². The van der Waals surface area contributed by atoms with E-state index in [4.69, 9.17) is 16.0 Å². The highest BCUT2D eigenvalue weighted by molar-refractivity contribution is 6.33. The van der Waals surface area contributed by atoms with E-state index in [2.05, 4.69) is 34.7 Å². The molecule has 0 aliphatic rings. The van der Waals surface area contributed by atoms with Crippen LogP contribution >= 0.6 is 11.6 Å². The summed E-state index contributed by atoms with van der Waals surface area (Å²) in [5, 5.41) is 13.6. The topological polar surface area (TPSA) is 80.0 Å². The Hall–Kier alpha value is -2.08. The molecule has 1 aromatic carbocycles. The van der Waals surface area contributed by atoms with Crippen LogP contribution in [0.3, 0.4) is 0 Å². The van der Waals surface area contributed by atoms with Crippen LogP contribution in [0.4, 0.5) is 10.5 Å². The molecule has 0 spiro atoms. The molecule has 1 aromatic heterocycles. The largest absolute Gasteiger partial charge is 0.423 e. The Kier molecular flexibility index (Phi) is 5.16. The number of nitrogens with one attached hydrogen (secondary N) is 2. The van der Waals surface area contributed by atoms with Gasteiger partial charge >= 0.3 is 6.03 Å². The molecule has 0 atom stereocenters. The molecule has 0 aliphatic heterocycles. The Morgan fingerprint density at radius 1 is 1.29 bits per heavy atom. The average molecular weight is 309 g/mol. The van der Waals surface area contributed by atoms with Gasteiger partial charge in [0.05, 0.1) is 17.3 Å². The molecule has 0 fully saturated rings. The molecule has 21 heavy (non-hydrogen) atoms. The van der Waals surface area contributed by atoms with E-state index in [9.17, 15) is 4.79 Å². The van der Waals surface area contributed by atoms with Crippen LogP contribution in [0.2, 0.25) is 5.02 Å². The molecule has 0 saturated heterocycles. The van der Waals surface area contributed by atoms with Crippen LogP contribution < -0.4 is 10.6 Å². The van der Waals surface area contributed by atoms with E-state index in [1.54, 1.807) is 24.3 Å². The first-order chi connectivity index (χ1) is 10.0. The molecule has 1 heterocycles. The number of rotatable bonds is 5. The van der Waals surface area contributed by atoms with Crippen molar-refractivity contribution in [3.63, 3.8) is 0 Å². The van der Waals surface area contributed by atoms with Crippen molar-refractivity contribution in [3.8, 4) is 0 Å². The Balaban J connectivity index is 1.84. The molecule has 0 aliphatic carbocycles. The highest BCUT2D eigenvalue weighted by atomic mass is 35.5. The van der Waals surface area contributed by atoms with Gasteiger partial charge in [0.15, 0.2) is 0 Å². The molecule has 2 aromatic rings. The Labute approximate surface area is 127 Å². The second-order valence-corrected chi connectivity index (χ2v) is 5.38. The average Bonchev–Trinajstić information content (AvgIpc) is 2.86. The van der Waals surface area contributed by atoms with Crippen molar-refractivity contribution < 1.29 is 9.21 Å². The third-order valence-corrected chi connectivity index (χ3v) is 2.94. The van der Waals surface area contributed by atoms with E-state index < -0.39 is 0 Å². The van der Waals surface area contributed by atoms with Crippen LogP contribution in [-0.2, 0) is 13.0 Å². The molecule has 0 saturated carbocycles. The second kappa shape index (κ2) is 7.08. The summed E-state index contributed by atoms with van der Waals surface area (Å²) < 4.78 is 5.43. The summed E-state index contributed by atoms with van der Waals surface area (Å²) in [6.07, 6.45) is 0.721. The van der Waals surface area contributed by atoms with Crippen molar-refractivity contribution in [1.82, 2.24) is 15.5 Å². The molecule has 7 heteroatoms. The number of para-hydroxylation sites is 1. The van der Waals surface area contributed by atoms with Gasteiger partial charge in [-0.15, -0.1) is 10.2 Å². The van der Waals surface area contributed by atoms with E-state index in [1.807, 2.05) is 0 Å². The summed E-state index contributed by atoms with van der Waals surface area (Å²) in [7, 11) is 0. The quantitative estimate of drug-likeness (QED) is 0.888. The molecule has 0 unspecified atom stereocenters. The van der Waals surface area contributed by atoms with Gasteiger partial charge in [-0.1, -0.05) is 37.6 Å². The molecular formula is C14H17ClN4O2. The minimum atomic E-state index is -0.383. The van der Waals surface area contributed by atoms with Crippen molar-refractivity contribution in [2.45, 2.75) is 26.8 Å². The van der Waals surface area contributed by atoms with Crippen molar-refractivity contribution in [3.05, 3.63) is 41.1 Å². The number of benzene rings is 1. The first-order valence-corrected chi connectivity index (χ1v) is 7.03. The van der Waals surface area contributed by atoms with Crippen LogP contribution in [-0.4, -0.2) is 16.2 Å². The maximum atomic E-state index is 11.8. The Morgan fingerprint density at radius 2 is 2.00 bits per heavy atom. The predicted molar refractivity (Wildman–Crippen MR) is 80.2 cm³/mol. The Morgan fingerprint density at radius 3 is 2.71 bits per heavy atom. The number of hydrogen-bond acceptors (Lipinski definition) is 4.